The smallest absolute Gasteiger partial charge is 0.338 e. The quantitative estimate of drug-likeness (QED) is 0.126. The highest BCUT2D eigenvalue weighted by molar-refractivity contribution is 6.01. The number of halogens is 1. The lowest BCUT2D eigenvalue weighted by atomic mass is 9.95. The van der Waals surface area contributed by atoms with Crippen molar-refractivity contribution in [3.8, 4) is 28.4 Å². The molecule has 6 saturated heterocycles. The van der Waals surface area contributed by atoms with E-state index >= 15 is 0 Å². The van der Waals surface area contributed by atoms with Crippen molar-refractivity contribution >= 4 is 121 Å². The van der Waals surface area contributed by atoms with Crippen LogP contribution in [0.1, 0.15) is 125 Å². The zero-order valence-electron chi connectivity index (χ0n) is 75.1. The number of alkyl halides is 1. The Morgan fingerprint density at radius 2 is 0.578 bits per heavy atom. The third-order valence-electron chi connectivity index (χ3n) is 24.1. The third-order valence-corrected chi connectivity index (χ3v) is 24.1. The molecule has 1 N–H and O–H groups in total. The highest BCUT2D eigenvalue weighted by atomic mass is 19.1. The molecule has 135 heavy (non-hydrogen) atoms. The highest BCUT2D eigenvalue weighted by Crippen LogP contribution is 2.32. The molecular weight excluding hydrogens is 1720 g/mol. The average Bonchev–Trinajstić information content (AvgIpc) is 1.58. The Balaban J connectivity index is 0.000000139. The second kappa shape index (κ2) is 45.4. The van der Waals surface area contributed by atoms with Crippen LogP contribution in [-0.2, 0) is 38.4 Å². The molecule has 0 spiro atoms. The summed E-state index contributed by atoms with van der Waals surface area (Å²) in [5, 5.41) is 7.56. The van der Waals surface area contributed by atoms with Gasteiger partial charge in [0, 0.05) is 190 Å². The number of hydrogen-bond donors (Lipinski definition) is 1. The molecule has 32 nitrogen and oxygen atoms in total. The number of nitrogens with zero attached hydrogens (tertiary/aromatic N) is 17. The molecule has 4 aromatic carbocycles. The summed E-state index contributed by atoms with van der Waals surface area (Å²) in [6, 6.07) is 63.5. The van der Waals surface area contributed by atoms with Crippen molar-refractivity contribution in [3.63, 3.8) is 0 Å². The maximum absolute atomic E-state index is 14.0. The Morgan fingerprint density at radius 3 is 0.800 bits per heavy atom. The molecule has 6 aliphatic rings. The van der Waals surface area contributed by atoms with E-state index in [1.54, 1.807) is 60.0 Å². The molecule has 0 radical (unpaired) electrons. The molecule has 688 valence electrons. The minimum atomic E-state index is -1.20. The minimum absolute atomic E-state index is 0.0937. The van der Waals surface area contributed by atoms with Crippen LogP contribution in [0, 0.1) is 23.7 Å². The van der Waals surface area contributed by atoms with Crippen molar-refractivity contribution in [2.24, 2.45) is 23.7 Å². The van der Waals surface area contributed by atoms with E-state index in [0.29, 0.717) is 102 Å². The zero-order valence-corrected chi connectivity index (χ0v) is 75.1. The summed E-state index contributed by atoms with van der Waals surface area (Å²) in [6.45, 7) is 19.2. The molecule has 0 bridgehead atoms. The van der Waals surface area contributed by atoms with Gasteiger partial charge in [-0.2, -0.15) is 38.4 Å². The molecule has 6 aliphatic heterocycles. The van der Waals surface area contributed by atoms with Crippen LogP contribution in [0.25, 0.3) is 83.6 Å². The largest absolute Gasteiger partial charge is 0.373 e. The van der Waals surface area contributed by atoms with Crippen molar-refractivity contribution in [1.82, 2.24) is 82.6 Å². The van der Waals surface area contributed by atoms with E-state index in [2.05, 4.69) is 62.9 Å². The number of benzene rings is 4. The fraction of sp³-hybridized carbons (Fsp3) is 0.275. The first kappa shape index (κ1) is 96.1. The maximum atomic E-state index is 14.0. The monoisotopic (exact) mass is 1820 g/mol. The van der Waals surface area contributed by atoms with Crippen molar-refractivity contribution in [2.45, 2.75) is 78.8 Å². The Bertz CT molecular complexity index is 6180. The molecule has 0 aliphatic carbocycles. The molecule has 15 aromatic rings. The molecule has 0 saturated carbocycles. The first-order valence-corrected chi connectivity index (χ1v) is 44.2. The van der Waals surface area contributed by atoms with E-state index < -0.39 is 5.67 Å². The number of nitrogens with one attached hydrogen (secondary N) is 1. The van der Waals surface area contributed by atoms with Crippen molar-refractivity contribution < 1.29 is 71.5 Å². The molecule has 7 amide bonds. The number of urea groups is 1. The summed E-state index contributed by atoms with van der Waals surface area (Å²) in [5.41, 5.74) is 11.3. The number of para-hydroxylation sites is 4. The molecule has 11 aromatic heterocycles. The Labute approximate surface area is 775 Å². The van der Waals surface area contributed by atoms with Crippen LogP contribution in [0.2, 0.25) is 0 Å². The lowest BCUT2D eigenvalue weighted by Gasteiger charge is -2.34. The second-order valence-corrected chi connectivity index (χ2v) is 33.8. The number of rotatable bonds is 11. The molecular formula is C102H99FN18O14. The highest BCUT2D eigenvalue weighted by Gasteiger charge is 2.34. The number of likely N-dealkylation sites (tertiary alicyclic amines) is 5. The topological polar surface area (TPSA) is 372 Å². The first-order chi connectivity index (χ1) is 65.4. The van der Waals surface area contributed by atoms with E-state index in [0.717, 1.165) is 156 Å². The van der Waals surface area contributed by atoms with E-state index in [-0.39, 0.29) is 60.2 Å². The van der Waals surface area contributed by atoms with Crippen molar-refractivity contribution in [2.75, 3.05) is 83.4 Å². The van der Waals surface area contributed by atoms with Gasteiger partial charge in [-0.3, -0.25) is 33.4 Å². The lowest BCUT2D eigenvalue weighted by Crippen LogP contribution is -2.43. The Morgan fingerprint density at radius 1 is 0.326 bits per heavy atom. The van der Waals surface area contributed by atoms with E-state index in [4.69, 9.17) is 38.4 Å². The van der Waals surface area contributed by atoms with Gasteiger partial charge in [-0.15, -0.1) is 0 Å². The van der Waals surface area contributed by atoms with E-state index in [1.807, 2.05) is 261 Å². The van der Waals surface area contributed by atoms with Crippen LogP contribution in [0.3, 0.4) is 0 Å². The number of aromatic nitrogens is 11. The Hall–Kier alpha value is -16.5. The van der Waals surface area contributed by atoms with Crippen molar-refractivity contribution in [3.05, 3.63) is 290 Å². The number of carbonyl (C=O) groups excluding carboxylic acids is 14. The van der Waals surface area contributed by atoms with Crippen LogP contribution < -0.4 is 10.2 Å². The van der Waals surface area contributed by atoms with Crippen LogP contribution in [-0.4, -0.2) is 222 Å². The van der Waals surface area contributed by atoms with Gasteiger partial charge in [0.15, 0.2) is 0 Å². The van der Waals surface area contributed by atoms with Gasteiger partial charge in [-0.1, -0.05) is 100 Å². The van der Waals surface area contributed by atoms with Gasteiger partial charge < -0.3 is 48.1 Å². The second-order valence-electron chi connectivity index (χ2n) is 33.8. The van der Waals surface area contributed by atoms with Crippen LogP contribution in [0.5, 0.6) is 0 Å². The Kier molecular flexibility index (Phi) is 32.3. The molecule has 0 unspecified atom stereocenters. The predicted octanol–water partition coefficient (Wildman–Crippen LogP) is 14.6. The summed E-state index contributed by atoms with van der Waals surface area (Å²) >= 11 is 0. The zero-order chi connectivity index (χ0) is 95.7. The number of anilines is 1. The lowest BCUT2D eigenvalue weighted by molar-refractivity contribution is -0.193. The van der Waals surface area contributed by atoms with Crippen LogP contribution in [0.4, 0.5) is 15.0 Å². The maximum Gasteiger partial charge on any atom is 0.373 e. The van der Waals surface area contributed by atoms with Gasteiger partial charge in [-0.05, 0) is 190 Å². The number of carbonyl (C=O) groups is 6. The number of piperidine rings is 1. The average molecular weight is 1820 g/mol. The van der Waals surface area contributed by atoms with Gasteiger partial charge >= 0.3 is 30.6 Å². The summed E-state index contributed by atoms with van der Waals surface area (Å²) in [6.07, 6.45) is 26.0. The summed E-state index contributed by atoms with van der Waals surface area (Å²) in [7, 11) is 0. The fourth-order valence-electron chi connectivity index (χ4n) is 17.0. The van der Waals surface area contributed by atoms with Gasteiger partial charge in [0.05, 0.1) is 39.7 Å². The van der Waals surface area contributed by atoms with Crippen LogP contribution in [0.15, 0.2) is 262 Å². The number of hydrogen-bond acceptors (Lipinski definition) is 20. The van der Waals surface area contributed by atoms with Gasteiger partial charge in [-0.25, -0.2) is 39.1 Å². The third kappa shape index (κ3) is 23.7. The number of fused-ring (bicyclic) bond motifs is 5. The fourth-order valence-corrected chi connectivity index (χ4v) is 17.0. The minimum Gasteiger partial charge on any atom is -0.338 e. The van der Waals surface area contributed by atoms with Gasteiger partial charge in [0.25, 0.3) is 29.5 Å². The molecule has 6 fully saturated rings. The summed E-state index contributed by atoms with van der Waals surface area (Å²) in [5.74, 6) is 3.23. The van der Waals surface area contributed by atoms with Gasteiger partial charge in [0.1, 0.15) is 39.7 Å². The normalized spacial score (nSPS) is 16.6. The summed E-state index contributed by atoms with van der Waals surface area (Å²) < 4.78 is 24.1. The number of amides is 7. The predicted molar refractivity (Wildman–Crippen MR) is 497 cm³/mol. The van der Waals surface area contributed by atoms with Gasteiger partial charge in [0.2, 0.25) is 0 Å². The molecule has 33 heteroatoms. The van der Waals surface area contributed by atoms with Crippen LogP contribution >= 0.6 is 0 Å². The van der Waals surface area contributed by atoms with E-state index in [9.17, 15) is 33.2 Å². The van der Waals surface area contributed by atoms with Crippen molar-refractivity contribution in [1.29, 1.82) is 0 Å². The van der Waals surface area contributed by atoms with E-state index in [1.165, 1.54) is 0 Å². The standard InChI is InChI=1S/C22H23FN6O2.4C19H19N3O.4CO2/c1-22(23)5-9-27(10-6-22)20(30)16-12-15-4-8-28(19(15)26-13-16)17-2-3-18(25-14-17)29-11-7-24-21(29)31;4*1-14-7-9-21(13-14)19(23)16-11-15-8-10-22(18(15)20-12-16)17-5-3-2-4-6-17;4*2-1-3/h2-4,8,12-14H,5-7,9-11H2,1H3,(H,24,31);4*2-6,8,10-12,14H,7,9,13H2,1H3;;;;/t;4*14-;;;;/m.1100..../s1. The first-order valence-electron chi connectivity index (χ1n) is 44.2. The molecule has 4 atom stereocenters. The molecule has 17 heterocycles. The SMILES string of the molecule is CC1(F)CCN(C(=O)c2cnc3c(ccn3-c3ccc(N4CCNC4=O)nc3)c2)CC1.C[C@@H]1CCN(C(=O)c2cnc3c(ccn3-c3ccccc3)c2)C1.C[C@@H]1CCN(C(=O)c2cnc3c(ccn3-c3ccccc3)c2)C1.C[C@H]1CCN(C(=O)c2cnc3c(ccn3-c3ccccc3)c2)C1.C[C@H]1CCN(C(=O)c2cnc3c(ccn3-c3ccccc3)c2)C1.O=C=O.O=C=O.O=C=O.O=C=O. The molecule has 21 rings (SSSR count). The number of pyridine rings is 6. The summed E-state index contributed by atoms with van der Waals surface area (Å²) in [4.78, 5) is 178.